The second-order valence-electron chi connectivity index (χ2n) is 6.01. The first-order chi connectivity index (χ1) is 13.8. The zero-order valence-corrected chi connectivity index (χ0v) is 16.7. The maximum Gasteiger partial charge on any atom is 0.303 e. The molecule has 0 atom stereocenters. The first-order valence-electron chi connectivity index (χ1n) is 8.39. The number of carboxylic acids is 1. The smallest absolute Gasteiger partial charge is 0.303 e. The van der Waals surface area contributed by atoms with Gasteiger partial charge in [0.05, 0.1) is 17.7 Å². The number of amides is 1. The van der Waals surface area contributed by atoms with Crippen LogP contribution in [0.3, 0.4) is 0 Å². The summed E-state index contributed by atoms with van der Waals surface area (Å²) in [5, 5.41) is 9.05. The number of thiazole rings is 1. The highest BCUT2D eigenvalue weighted by molar-refractivity contribution is 7.98. The highest BCUT2D eigenvalue weighted by Crippen LogP contribution is 2.31. The molecule has 0 aliphatic rings. The van der Waals surface area contributed by atoms with Crippen LogP contribution in [0.4, 0.5) is 18.9 Å². The summed E-state index contributed by atoms with van der Waals surface area (Å²) in [6.45, 7) is -0.128. The molecular formula is C19H15F3N2O3S2. The Morgan fingerprint density at radius 2 is 1.83 bits per heavy atom. The van der Waals surface area contributed by atoms with E-state index in [0.29, 0.717) is 11.8 Å². The third-order valence-corrected chi connectivity index (χ3v) is 5.88. The average Bonchev–Trinajstić information content (AvgIpc) is 3.13. The number of aromatic nitrogens is 1. The van der Waals surface area contributed by atoms with E-state index in [-0.39, 0.29) is 29.1 Å². The van der Waals surface area contributed by atoms with E-state index in [1.165, 1.54) is 16.7 Å². The van der Waals surface area contributed by atoms with Crippen LogP contribution in [0.25, 0.3) is 10.2 Å². The third-order valence-electron chi connectivity index (χ3n) is 4.09. The van der Waals surface area contributed by atoms with E-state index in [9.17, 15) is 22.8 Å². The highest BCUT2D eigenvalue weighted by atomic mass is 32.2. The number of halogens is 3. The van der Waals surface area contributed by atoms with Gasteiger partial charge in [-0.3, -0.25) is 9.59 Å². The molecule has 0 aliphatic heterocycles. The first-order valence-corrected chi connectivity index (χ1v) is 10.4. The standard InChI is InChI=1S/C19H15F3N2O3S2/c1-28-11-4-2-10(3-5-11)24(15(25)6-7-16(26)27)9-14-23-18-17(22)12(20)8-13(21)19(18)29-14/h2-5,8H,6-7,9H2,1H3,(H,26,27). The lowest BCUT2D eigenvalue weighted by molar-refractivity contribution is -0.138. The highest BCUT2D eigenvalue weighted by Gasteiger charge is 2.22. The lowest BCUT2D eigenvalue weighted by atomic mass is 10.2. The van der Waals surface area contributed by atoms with Gasteiger partial charge in [0.2, 0.25) is 5.91 Å². The molecule has 1 heterocycles. The van der Waals surface area contributed by atoms with Gasteiger partial charge in [-0.15, -0.1) is 23.1 Å². The van der Waals surface area contributed by atoms with Crippen LogP contribution in [0.2, 0.25) is 0 Å². The Morgan fingerprint density at radius 1 is 1.14 bits per heavy atom. The monoisotopic (exact) mass is 440 g/mol. The minimum atomic E-state index is -1.34. The van der Waals surface area contributed by atoms with Crippen LogP contribution in [0.1, 0.15) is 17.8 Å². The topological polar surface area (TPSA) is 70.5 Å². The van der Waals surface area contributed by atoms with E-state index in [2.05, 4.69) is 4.98 Å². The van der Waals surface area contributed by atoms with Gasteiger partial charge < -0.3 is 10.0 Å². The Bertz CT molecular complexity index is 1070. The van der Waals surface area contributed by atoms with Crippen molar-refractivity contribution in [1.29, 1.82) is 0 Å². The number of carbonyl (C=O) groups excluding carboxylic acids is 1. The second-order valence-corrected chi connectivity index (χ2v) is 7.97. The zero-order chi connectivity index (χ0) is 21.1. The van der Waals surface area contributed by atoms with Crippen molar-refractivity contribution in [2.75, 3.05) is 11.2 Å². The molecule has 0 bridgehead atoms. The summed E-state index contributed by atoms with van der Waals surface area (Å²) in [6, 6.07) is 7.43. The first kappa shape index (κ1) is 21.1. The van der Waals surface area contributed by atoms with Crippen molar-refractivity contribution in [2.24, 2.45) is 0 Å². The van der Waals surface area contributed by atoms with Crippen LogP contribution < -0.4 is 4.90 Å². The number of fused-ring (bicyclic) bond motifs is 1. The van der Waals surface area contributed by atoms with Crippen molar-refractivity contribution in [3.63, 3.8) is 0 Å². The maximum absolute atomic E-state index is 14.0. The molecule has 1 amide bonds. The molecule has 0 saturated carbocycles. The molecule has 3 rings (SSSR count). The van der Waals surface area contributed by atoms with Crippen molar-refractivity contribution < 1.29 is 27.9 Å². The van der Waals surface area contributed by atoms with E-state index in [1.807, 2.05) is 6.26 Å². The SMILES string of the molecule is CSc1ccc(N(Cc2nc3c(F)c(F)cc(F)c3s2)C(=O)CCC(=O)O)cc1. The summed E-state index contributed by atoms with van der Waals surface area (Å²) >= 11 is 2.33. The van der Waals surface area contributed by atoms with Crippen molar-refractivity contribution in [3.8, 4) is 0 Å². The minimum Gasteiger partial charge on any atom is -0.481 e. The summed E-state index contributed by atoms with van der Waals surface area (Å²) in [4.78, 5) is 29.7. The van der Waals surface area contributed by atoms with Crippen LogP contribution in [-0.2, 0) is 16.1 Å². The van der Waals surface area contributed by atoms with E-state index in [1.54, 1.807) is 24.3 Å². The van der Waals surface area contributed by atoms with Gasteiger partial charge in [0.1, 0.15) is 16.3 Å². The van der Waals surface area contributed by atoms with Gasteiger partial charge in [-0.1, -0.05) is 0 Å². The molecule has 0 unspecified atom stereocenters. The van der Waals surface area contributed by atoms with Crippen molar-refractivity contribution in [3.05, 3.63) is 52.8 Å². The molecule has 2 aromatic carbocycles. The van der Waals surface area contributed by atoms with E-state index < -0.39 is 34.8 Å². The summed E-state index contributed by atoms with van der Waals surface area (Å²) in [7, 11) is 0. The molecule has 3 aromatic rings. The number of carboxylic acid groups (broad SMARTS) is 1. The Morgan fingerprint density at radius 3 is 2.45 bits per heavy atom. The number of rotatable bonds is 7. The van der Waals surface area contributed by atoms with Crippen molar-refractivity contribution in [2.45, 2.75) is 24.3 Å². The quantitative estimate of drug-likeness (QED) is 0.421. The molecule has 0 radical (unpaired) electrons. The van der Waals surface area contributed by atoms with Gasteiger partial charge in [-0.25, -0.2) is 18.2 Å². The van der Waals surface area contributed by atoms with Gasteiger partial charge in [-0.05, 0) is 30.5 Å². The molecule has 29 heavy (non-hydrogen) atoms. The summed E-state index contributed by atoms with van der Waals surface area (Å²) < 4.78 is 41.2. The van der Waals surface area contributed by atoms with Crippen LogP contribution in [0.15, 0.2) is 35.2 Å². The fourth-order valence-electron chi connectivity index (χ4n) is 2.67. The molecule has 0 fully saturated rings. The second kappa shape index (κ2) is 8.83. The number of benzene rings is 2. The Labute approximate surface area is 172 Å². The summed E-state index contributed by atoms with van der Waals surface area (Å²) in [6.07, 6.45) is 1.29. The number of aliphatic carboxylic acids is 1. The number of hydrogen-bond donors (Lipinski definition) is 1. The molecule has 5 nitrogen and oxygen atoms in total. The molecule has 1 N–H and O–H groups in total. The van der Waals surface area contributed by atoms with E-state index in [4.69, 9.17) is 5.11 Å². The Kier molecular flexibility index (Phi) is 6.43. The molecule has 10 heteroatoms. The fourth-order valence-corrected chi connectivity index (χ4v) is 4.03. The fraction of sp³-hybridized carbons (Fsp3) is 0.211. The van der Waals surface area contributed by atoms with Gasteiger partial charge in [0, 0.05) is 23.1 Å². The van der Waals surface area contributed by atoms with Crippen molar-refractivity contribution >= 4 is 50.9 Å². The Hall–Kier alpha value is -2.59. The average molecular weight is 440 g/mol. The van der Waals surface area contributed by atoms with Gasteiger partial charge in [-0.2, -0.15) is 0 Å². The molecule has 0 spiro atoms. The number of anilines is 1. The Balaban J connectivity index is 1.96. The molecular weight excluding hydrogens is 425 g/mol. The lowest BCUT2D eigenvalue weighted by Crippen LogP contribution is -2.30. The molecule has 152 valence electrons. The number of thioether (sulfide) groups is 1. The van der Waals surface area contributed by atoms with E-state index in [0.717, 1.165) is 16.2 Å². The summed E-state index contributed by atoms with van der Waals surface area (Å²) in [5.74, 6) is -5.12. The van der Waals surface area contributed by atoms with E-state index >= 15 is 0 Å². The molecule has 0 aliphatic carbocycles. The maximum atomic E-state index is 14.0. The largest absolute Gasteiger partial charge is 0.481 e. The number of carbonyl (C=O) groups is 2. The van der Waals surface area contributed by atoms with Crippen LogP contribution in [-0.4, -0.2) is 28.2 Å². The van der Waals surface area contributed by atoms with Crippen molar-refractivity contribution in [1.82, 2.24) is 4.98 Å². The third kappa shape index (κ3) is 4.70. The molecule has 0 saturated heterocycles. The number of hydrogen-bond acceptors (Lipinski definition) is 5. The molecule has 1 aromatic heterocycles. The van der Waals surface area contributed by atoms with Gasteiger partial charge in [0.25, 0.3) is 0 Å². The van der Waals surface area contributed by atoms with Crippen LogP contribution in [0.5, 0.6) is 0 Å². The van der Waals surface area contributed by atoms with Gasteiger partial charge >= 0.3 is 5.97 Å². The van der Waals surface area contributed by atoms with Crippen LogP contribution in [0, 0.1) is 17.5 Å². The lowest BCUT2D eigenvalue weighted by Gasteiger charge is -2.22. The zero-order valence-electron chi connectivity index (χ0n) is 15.1. The minimum absolute atomic E-state index is 0.128. The predicted octanol–water partition coefficient (Wildman–Crippen LogP) is 4.83. The summed E-state index contributed by atoms with van der Waals surface area (Å²) in [5.41, 5.74) is 0.0581. The van der Waals surface area contributed by atoms with Crippen LogP contribution >= 0.6 is 23.1 Å². The van der Waals surface area contributed by atoms with Gasteiger partial charge in [0.15, 0.2) is 11.6 Å². The normalized spacial score (nSPS) is 11.0. The number of nitrogens with zero attached hydrogens (tertiary/aromatic N) is 2. The predicted molar refractivity (Wildman–Crippen MR) is 106 cm³/mol.